The number of hydrogen-bond donors (Lipinski definition) is 1. The largest absolute Gasteiger partial charge is 0.378 e. The standard InChI is InChI=1S/C21H24N4OS/c1-14(20(26)23-17-8-10-18(11-9-17)25(2)3)27-21-16(13-22)12-15-6-4-5-7-19(15)24-21/h8-12,14H,4-7H2,1-3H3,(H,23,26). The number of carbonyl (C=O) groups excluding carboxylic acids is 1. The van der Waals surface area contributed by atoms with E-state index in [0.29, 0.717) is 10.6 Å². The van der Waals surface area contributed by atoms with Crippen molar-refractivity contribution in [2.75, 3.05) is 24.3 Å². The van der Waals surface area contributed by atoms with Crippen LogP contribution in [0.1, 0.15) is 36.6 Å². The van der Waals surface area contributed by atoms with E-state index in [-0.39, 0.29) is 11.2 Å². The summed E-state index contributed by atoms with van der Waals surface area (Å²) in [4.78, 5) is 19.3. The van der Waals surface area contributed by atoms with Crippen LogP contribution in [0.5, 0.6) is 0 Å². The number of nitrogens with zero attached hydrogens (tertiary/aromatic N) is 3. The average molecular weight is 381 g/mol. The zero-order valence-electron chi connectivity index (χ0n) is 16.0. The van der Waals surface area contributed by atoms with Gasteiger partial charge in [-0.15, -0.1) is 0 Å². The van der Waals surface area contributed by atoms with Crippen molar-refractivity contribution in [3.8, 4) is 6.07 Å². The van der Waals surface area contributed by atoms with E-state index in [1.54, 1.807) is 0 Å². The van der Waals surface area contributed by atoms with Crippen LogP contribution >= 0.6 is 11.8 Å². The van der Waals surface area contributed by atoms with Gasteiger partial charge in [0, 0.05) is 31.2 Å². The van der Waals surface area contributed by atoms with Crippen molar-refractivity contribution in [1.29, 1.82) is 5.26 Å². The fraction of sp³-hybridized carbons (Fsp3) is 0.381. The van der Waals surface area contributed by atoms with Gasteiger partial charge in [0.25, 0.3) is 0 Å². The second-order valence-corrected chi connectivity index (χ2v) is 8.29. The van der Waals surface area contributed by atoms with Crippen LogP contribution < -0.4 is 10.2 Å². The maximum absolute atomic E-state index is 12.6. The third-order valence-electron chi connectivity index (χ3n) is 4.70. The quantitative estimate of drug-likeness (QED) is 0.794. The molecule has 1 aliphatic carbocycles. The second kappa shape index (κ2) is 8.45. The molecule has 1 N–H and O–H groups in total. The number of carbonyl (C=O) groups is 1. The van der Waals surface area contributed by atoms with Gasteiger partial charge in [-0.2, -0.15) is 5.26 Å². The molecule has 2 aromatic rings. The van der Waals surface area contributed by atoms with Gasteiger partial charge in [0.2, 0.25) is 5.91 Å². The molecule has 1 atom stereocenters. The van der Waals surface area contributed by atoms with Gasteiger partial charge < -0.3 is 10.2 Å². The Morgan fingerprint density at radius 2 is 1.96 bits per heavy atom. The van der Waals surface area contributed by atoms with Gasteiger partial charge in [-0.3, -0.25) is 4.79 Å². The van der Waals surface area contributed by atoms with Crippen molar-refractivity contribution in [2.45, 2.75) is 42.9 Å². The van der Waals surface area contributed by atoms with E-state index < -0.39 is 0 Å². The number of pyridine rings is 1. The van der Waals surface area contributed by atoms with Gasteiger partial charge in [0.05, 0.1) is 10.8 Å². The van der Waals surface area contributed by atoms with Crippen LogP contribution in [0.15, 0.2) is 35.4 Å². The van der Waals surface area contributed by atoms with Crippen LogP contribution in [0.25, 0.3) is 0 Å². The monoisotopic (exact) mass is 380 g/mol. The fourth-order valence-electron chi connectivity index (χ4n) is 3.09. The van der Waals surface area contributed by atoms with Gasteiger partial charge in [-0.1, -0.05) is 11.8 Å². The Morgan fingerprint density at radius 3 is 2.63 bits per heavy atom. The van der Waals surface area contributed by atoms with E-state index >= 15 is 0 Å². The Labute approximate surface area is 164 Å². The van der Waals surface area contributed by atoms with Crippen molar-refractivity contribution < 1.29 is 4.79 Å². The summed E-state index contributed by atoms with van der Waals surface area (Å²) in [5.74, 6) is -0.0963. The zero-order valence-corrected chi connectivity index (χ0v) is 16.8. The van der Waals surface area contributed by atoms with E-state index in [1.807, 2.05) is 56.3 Å². The first-order chi connectivity index (χ1) is 13.0. The molecular weight excluding hydrogens is 356 g/mol. The number of anilines is 2. The lowest BCUT2D eigenvalue weighted by molar-refractivity contribution is -0.115. The van der Waals surface area contributed by atoms with Gasteiger partial charge in [-0.05, 0) is 68.5 Å². The smallest absolute Gasteiger partial charge is 0.237 e. The minimum atomic E-state index is -0.347. The fourth-order valence-corrected chi connectivity index (χ4v) is 3.99. The number of nitrogens with one attached hydrogen (secondary N) is 1. The third kappa shape index (κ3) is 4.61. The summed E-state index contributed by atoms with van der Waals surface area (Å²) in [5, 5.41) is 12.7. The molecule has 5 nitrogen and oxygen atoms in total. The lowest BCUT2D eigenvalue weighted by Gasteiger charge is -2.18. The molecule has 1 aromatic carbocycles. The van der Waals surface area contributed by atoms with Crippen LogP contribution in [-0.2, 0) is 17.6 Å². The lowest BCUT2D eigenvalue weighted by Crippen LogP contribution is -2.23. The van der Waals surface area contributed by atoms with Crippen molar-refractivity contribution in [2.24, 2.45) is 0 Å². The van der Waals surface area contributed by atoms with E-state index in [0.717, 1.165) is 42.8 Å². The first-order valence-electron chi connectivity index (χ1n) is 9.15. The number of amides is 1. The van der Waals surface area contributed by atoms with Crippen LogP contribution in [-0.4, -0.2) is 30.2 Å². The number of aromatic nitrogens is 1. The highest BCUT2D eigenvalue weighted by molar-refractivity contribution is 8.00. The van der Waals surface area contributed by atoms with Crippen LogP contribution in [0.2, 0.25) is 0 Å². The highest BCUT2D eigenvalue weighted by Crippen LogP contribution is 2.30. The van der Waals surface area contributed by atoms with Gasteiger partial charge >= 0.3 is 0 Å². The number of nitriles is 1. The van der Waals surface area contributed by atoms with Crippen LogP contribution in [0.3, 0.4) is 0 Å². The molecule has 1 aliphatic rings. The summed E-state index contributed by atoms with van der Waals surface area (Å²) in [5.41, 5.74) is 4.66. The Kier molecular flexibility index (Phi) is 6.02. The second-order valence-electron chi connectivity index (χ2n) is 6.96. The minimum absolute atomic E-state index is 0.0963. The molecule has 0 aliphatic heterocycles. The average Bonchev–Trinajstić information content (AvgIpc) is 2.67. The molecule has 3 rings (SSSR count). The molecule has 1 unspecified atom stereocenters. The molecule has 6 heteroatoms. The SMILES string of the molecule is CC(Sc1nc2c(cc1C#N)CCCC2)C(=O)Nc1ccc(N(C)C)cc1. The molecular formula is C21H24N4OS. The molecule has 0 radical (unpaired) electrons. The van der Waals surface area contributed by atoms with E-state index in [4.69, 9.17) is 4.98 Å². The van der Waals surface area contributed by atoms with Crippen molar-refractivity contribution in [1.82, 2.24) is 4.98 Å². The molecule has 1 amide bonds. The van der Waals surface area contributed by atoms with Gasteiger partial charge in [-0.25, -0.2) is 4.98 Å². The number of fused-ring (bicyclic) bond motifs is 1. The molecule has 1 heterocycles. The highest BCUT2D eigenvalue weighted by Gasteiger charge is 2.20. The molecule has 0 spiro atoms. The summed E-state index contributed by atoms with van der Waals surface area (Å²) in [6.07, 6.45) is 4.22. The first kappa shape index (κ1) is 19.2. The highest BCUT2D eigenvalue weighted by atomic mass is 32.2. The van der Waals surface area contributed by atoms with Gasteiger partial charge in [0.15, 0.2) is 0 Å². The summed E-state index contributed by atoms with van der Waals surface area (Å²) in [7, 11) is 3.95. The Bertz CT molecular complexity index is 871. The summed E-state index contributed by atoms with van der Waals surface area (Å²) in [6, 6.07) is 11.9. The maximum Gasteiger partial charge on any atom is 0.237 e. The van der Waals surface area contributed by atoms with Gasteiger partial charge in [0.1, 0.15) is 11.1 Å². The maximum atomic E-state index is 12.6. The molecule has 0 saturated carbocycles. The topological polar surface area (TPSA) is 69.0 Å². The predicted octanol–water partition coefficient (Wildman–Crippen LogP) is 4.02. The molecule has 0 fully saturated rings. The van der Waals surface area contributed by atoms with Crippen LogP contribution in [0, 0.1) is 11.3 Å². The number of aryl methyl sites for hydroxylation is 2. The van der Waals surface area contributed by atoms with E-state index in [2.05, 4.69) is 11.4 Å². The Balaban J connectivity index is 1.70. The number of hydrogen-bond acceptors (Lipinski definition) is 5. The molecule has 140 valence electrons. The lowest BCUT2D eigenvalue weighted by atomic mass is 9.95. The number of benzene rings is 1. The molecule has 27 heavy (non-hydrogen) atoms. The van der Waals surface area contributed by atoms with E-state index in [9.17, 15) is 10.1 Å². The Morgan fingerprint density at radius 1 is 1.26 bits per heavy atom. The molecule has 0 bridgehead atoms. The minimum Gasteiger partial charge on any atom is -0.378 e. The van der Waals surface area contributed by atoms with Crippen molar-refractivity contribution in [3.63, 3.8) is 0 Å². The number of thioether (sulfide) groups is 1. The summed E-state index contributed by atoms with van der Waals surface area (Å²) < 4.78 is 0. The van der Waals surface area contributed by atoms with E-state index in [1.165, 1.54) is 17.3 Å². The third-order valence-corrected chi connectivity index (χ3v) is 5.80. The summed E-state index contributed by atoms with van der Waals surface area (Å²) >= 11 is 1.35. The zero-order chi connectivity index (χ0) is 19.4. The molecule has 1 aromatic heterocycles. The summed E-state index contributed by atoms with van der Waals surface area (Å²) in [6.45, 7) is 1.84. The predicted molar refractivity (Wildman–Crippen MR) is 110 cm³/mol. The van der Waals surface area contributed by atoms with Crippen LogP contribution in [0.4, 0.5) is 11.4 Å². The van der Waals surface area contributed by atoms with Crippen molar-refractivity contribution >= 4 is 29.0 Å². The Hall–Kier alpha value is -2.52. The first-order valence-corrected chi connectivity index (χ1v) is 10.0. The molecule has 0 saturated heterocycles. The van der Waals surface area contributed by atoms with Crippen molar-refractivity contribution in [3.05, 3.63) is 47.2 Å². The normalized spacial score (nSPS) is 14.0. The number of rotatable bonds is 5.